The number of rotatable bonds is 3. The van der Waals surface area contributed by atoms with Gasteiger partial charge in [-0.05, 0) is 6.92 Å². The molecule has 2 aromatic rings. The third-order valence-corrected chi connectivity index (χ3v) is 3.00. The lowest BCUT2D eigenvalue weighted by atomic mass is 10.3. The van der Waals surface area contributed by atoms with Gasteiger partial charge in [0.2, 0.25) is 0 Å². The third kappa shape index (κ3) is 2.53. The summed E-state index contributed by atoms with van der Waals surface area (Å²) in [6, 6.07) is 1.41. The molecule has 0 fully saturated rings. The number of H-pyrrole nitrogens is 1. The van der Waals surface area contributed by atoms with Crippen molar-refractivity contribution in [3.8, 4) is 0 Å². The van der Waals surface area contributed by atoms with Crippen LogP contribution in [0, 0.1) is 6.92 Å². The van der Waals surface area contributed by atoms with Crippen LogP contribution in [0.1, 0.15) is 22.2 Å². The number of aryl methyl sites for hydroxylation is 1. The lowest BCUT2D eigenvalue weighted by molar-refractivity contribution is 0.870. The molecule has 0 aliphatic heterocycles. The summed E-state index contributed by atoms with van der Waals surface area (Å²) in [5.74, 6) is 0.613. The van der Waals surface area contributed by atoms with Gasteiger partial charge in [-0.3, -0.25) is 4.79 Å². The Labute approximate surface area is 96.4 Å². The number of aromatic nitrogens is 3. The summed E-state index contributed by atoms with van der Waals surface area (Å²) in [4.78, 5) is 22.5. The summed E-state index contributed by atoms with van der Waals surface area (Å²) in [5, 5.41) is 2.91. The predicted molar refractivity (Wildman–Crippen MR) is 62.4 cm³/mol. The molecule has 16 heavy (non-hydrogen) atoms. The van der Waals surface area contributed by atoms with Crippen molar-refractivity contribution in [2.75, 3.05) is 0 Å². The van der Waals surface area contributed by atoms with Crippen LogP contribution in [0.3, 0.4) is 0 Å². The second-order valence-electron chi connectivity index (χ2n) is 3.45. The van der Waals surface area contributed by atoms with Crippen LogP contribution in [0.15, 0.2) is 16.2 Å². The normalized spacial score (nSPS) is 10.6. The van der Waals surface area contributed by atoms with Crippen LogP contribution >= 0.6 is 11.3 Å². The number of aromatic amines is 1. The predicted octanol–water partition coefficient (Wildman–Crippen LogP) is 0.584. The SMILES string of the molecule is Cc1csc(Cc2nc(CN)cc(=O)[nH]2)n1. The lowest BCUT2D eigenvalue weighted by Gasteiger charge is -2.00. The minimum Gasteiger partial charge on any atom is -0.325 e. The minimum absolute atomic E-state index is 0.168. The first-order valence-corrected chi connectivity index (χ1v) is 5.75. The van der Waals surface area contributed by atoms with E-state index in [-0.39, 0.29) is 12.1 Å². The molecule has 2 heterocycles. The molecule has 0 unspecified atom stereocenters. The van der Waals surface area contributed by atoms with Gasteiger partial charge in [0, 0.05) is 23.7 Å². The molecular weight excluding hydrogens is 224 g/mol. The molecule has 0 radical (unpaired) electrons. The molecule has 2 rings (SSSR count). The fraction of sp³-hybridized carbons (Fsp3) is 0.300. The molecule has 0 aliphatic rings. The van der Waals surface area contributed by atoms with E-state index >= 15 is 0 Å². The van der Waals surface area contributed by atoms with Gasteiger partial charge in [0.1, 0.15) is 10.8 Å². The highest BCUT2D eigenvalue weighted by molar-refractivity contribution is 7.09. The van der Waals surface area contributed by atoms with E-state index in [4.69, 9.17) is 5.73 Å². The van der Waals surface area contributed by atoms with Crippen LogP contribution < -0.4 is 11.3 Å². The average molecular weight is 236 g/mol. The van der Waals surface area contributed by atoms with Crippen LogP contribution in [0.2, 0.25) is 0 Å². The van der Waals surface area contributed by atoms with Crippen molar-refractivity contribution in [2.24, 2.45) is 5.73 Å². The number of nitrogens with two attached hydrogens (primary N) is 1. The van der Waals surface area contributed by atoms with E-state index in [2.05, 4.69) is 15.0 Å². The number of thiazole rings is 1. The second kappa shape index (κ2) is 4.54. The van der Waals surface area contributed by atoms with Crippen molar-refractivity contribution in [1.29, 1.82) is 0 Å². The van der Waals surface area contributed by atoms with Crippen LogP contribution in [0.5, 0.6) is 0 Å². The zero-order valence-corrected chi connectivity index (χ0v) is 9.67. The summed E-state index contributed by atoms with van der Waals surface area (Å²) in [7, 11) is 0. The maximum Gasteiger partial charge on any atom is 0.251 e. The van der Waals surface area contributed by atoms with Crippen molar-refractivity contribution in [1.82, 2.24) is 15.0 Å². The van der Waals surface area contributed by atoms with E-state index in [0.717, 1.165) is 10.7 Å². The first kappa shape index (κ1) is 11.0. The first-order chi connectivity index (χ1) is 7.67. The Bertz CT molecular complexity index is 546. The summed E-state index contributed by atoms with van der Waals surface area (Å²) in [5.41, 5.74) is 6.88. The van der Waals surface area contributed by atoms with Gasteiger partial charge < -0.3 is 10.7 Å². The van der Waals surface area contributed by atoms with Gasteiger partial charge in [-0.15, -0.1) is 11.3 Å². The first-order valence-electron chi connectivity index (χ1n) is 4.87. The van der Waals surface area contributed by atoms with Gasteiger partial charge in [-0.2, -0.15) is 0 Å². The van der Waals surface area contributed by atoms with E-state index in [9.17, 15) is 4.79 Å². The smallest absolute Gasteiger partial charge is 0.251 e. The molecule has 2 aromatic heterocycles. The topological polar surface area (TPSA) is 84.7 Å². The molecule has 6 heteroatoms. The number of hydrogen-bond acceptors (Lipinski definition) is 5. The van der Waals surface area contributed by atoms with Crippen LogP contribution in [0.4, 0.5) is 0 Å². The zero-order valence-electron chi connectivity index (χ0n) is 8.86. The van der Waals surface area contributed by atoms with Gasteiger partial charge in [0.05, 0.1) is 12.1 Å². The highest BCUT2D eigenvalue weighted by atomic mass is 32.1. The molecule has 84 valence electrons. The van der Waals surface area contributed by atoms with Gasteiger partial charge in [0.15, 0.2) is 0 Å². The van der Waals surface area contributed by atoms with Crippen LogP contribution in [0.25, 0.3) is 0 Å². The Morgan fingerprint density at radius 2 is 2.31 bits per heavy atom. The molecule has 0 spiro atoms. The standard InChI is InChI=1S/C10H12N4OS/c1-6-5-16-10(12-6)3-8-13-7(4-11)2-9(15)14-8/h2,5H,3-4,11H2,1H3,(H,13,14,15). The molecular formula is C10H12N4OS. The average Bonchev–Trinajstić information content (AvgIpc) is 2.63. The number of nitrogens with one attached hydrogen (secondary N) is 1. The number of nitrogens with zero attached hydrogens (tertiary/aromatic N) is 2. The Morgan fingerprint density at radius 1 is 1.50 bits per heavy atom. The van der Waals surface area contributed by atoms with E-state index < -0.39 is 0 Å². The van der Waals surface area contributed by atoms with Gasteiger partial charge in [-0.1, -0.05) is 0 Å². The van der Waals surface area contributed by atoms with E-state index in [1.54, 1.807) is 11.3 Å². The molecule has 5 nitrogen and oxygen atoms in total. The van der Waals surface area contributed by atoms with E-state index in [1.165, 1.54) is 6.07 Å². The van der Waals surface area contributed by atoms with Crippen LogP contribution in [-0.4, -0.2) is 15.0 Å². The van der Waals surface area contributed by atoms with Crippen molar-refractivity contribution in [3.05, 3.63) is 44.0 Å². The van der Waals surface area contributed by atoms with E-state index in [1.807, 2.05) is 12.3 Å². The second-order valence-corrected chi connectivity index (χ2v) is 4.39. The van der Waals surface area contributed by atoms with Crippen molar-refractivity contribution in [3.63, 3.8) is 0 Å². The molecule has 0 amide bonds. The van der Waals surface area contributed by atoms with Gasteiger partial charge in [-0.25, -0.2) is 9.97 Å². The highest BCUT2D eigenvalue weighted by Crippen LogP contribution is 2.11. The summed E-state index contributed by atoms with van der Waals surface area (Å²) < 4.78 is 0. The molecule has 0 bridgehead atoms. The monoisotopic (exact) mass is 236 g/mol. The Hall–Kier alpha value is -1.53. The highest BCUT2D eigenvalue weighted by Gasteiger charge is 2.04. The molecule has 0 aliphatic carbocycles. The maximum atomic E-state index is 11.3. The van der Waals surface area contributed by atoms with Crippen molar-refractivity contribution >= 4 is 11.3 Å². The van der Waals surface area contributed by atoms with Gasteiger partial charge >= 0.3 is 0 Å². The number of hydrogen-bond donors (Lipinski definition) is 2. The fourth-order valence-electron chi connectivity index (χ4n) is 1.38. The molecule has 0 saturated carbocycles. The Balaban J connectivity index is 2.27. The fourth-order valence-corrected chi connectivity index (χ4v) is 2.15. The van der Waals surface area contributed by atoms with E-state index in [0.29, 0.717) is 17.9 Å². The third-order valence-electron chi connectivity index (χ3n) is 2.04. The van der Waals surface area contributed by atoms with Crippen molar-refractivity contribution < 1.29 is 0 Å². The Kier molecular flexibility index (Phi) is 3.12. The maximum absolute atomic E-state index is 11.3. The largest absolute Gasteiger partial charge is 0.325 e. The Morgan fingerprint density at radius 3 is 2.94 bits per heavy atom. The molecule has 0 atom stereocenters. The molecule has 3 N–H and O–H groups in total. The van der Waals surface area contributed by atoms with Gasteiger partial charge in [0.25, 0.3) is 5.56 Å². The van der Waals surface area contributed by atoms with Crippen LogP contribution in [-0.2, 0) is 13.0 Å². The summed E-state index contributed by atoms with van der Waals surface area (Å²) >= 11 is 1.56. The lowest BCUT2D eigenvalue weighted by Crippen LogP contribution is -2.15. The van der Waals surface area contributed by atoms with Crippen molar-refractivity contribution in [2.45, 2.75) is 19.9 Å². The minimum atomic E-state index is -0.168. The summed E-state index contributed by atoms with van der Waals surface area (Å²) in [6.45, 7) is 2.21. The quantitative estimate of drug-likeness (QED) is 0.816. The molecule has 0 aromatic carbocycles. The summed E-state index contributed by atoms with van der Waals surface area (Å²) in [6.07, 6.45) is 0.543. The molecule has 0 saturated heterocycles. The zero-order chi connectivity index (χ0) is 11.5.